The second-order valence-corrected chi connectivity index (χ2v) is 6.95. The van der Waals surface area contributed by atoms with Crippen LogP contribution >= 0.6 is 0 Å². The van der Waals surface area contributed by atoms with E-state index >= 15 is 0 Å². The van der Waals surface area contributed by atoms with Crippen LogP contribution in [0, 0.1) is 20.8 Å². The van der Waals surface area contributed by atoms with Gasteiger partial charge in [0.15, 0.2) is 0 Å². The Kier molecular flexibility index (Phi) is 4.11. The topological polar surface area (TPSA) is 87.4 Å². The molecule has 0 radical (unpaired) electrons. The number of para-hydroxylation sites is 1. The number of rotatable bonds is 2. The number of fused-ring (bicyclic) bond motifs is 1. The smallest absolute Gasteiger partial charge is 0.335 e. The Morgan fingerprint density at radius 1 is 1.07 bits per heavy atom. The van der Waals surface area contributed by atoms with Crippen LogP contribution < -0.4 is 11.2 Å². The fraction of sp³-hybridized carbons (Fsp3) is 0.136. The van der Waals surface area contributed by atoms with Crippen molar-refractivity contribution in [3.8, 4) is 11.6 Å². The first kappa shape index (κ1) is 17.7. The third-order valence-corrected chi connectivity index (χ3v) is 4.84. The summed E-state index contributed by atoms with van der Waals surface area (Å²) in [7, 11) is 0. The third-order valence-electron chi connectivity index (χ3n) is 4.84. The van der Waals surface area contributed by atoms with Crippen LogP contribution in [0.4, 0.5) is 5.69 Å². The van der Waals surface area contributed by atoms with Crippen LogP contribution in [-0.4, -0.2) is 20.9 Å². The number of aromatic amines is 1. The Hall–Kier alpha value is -3.67. The SMILES string of the molecule is Cc1cc(C)c(-n2c(O)c(C=C3C=Nc4ccccc43)c(=O)[nH]c2=O)c(C)c1. The number of aliphatic imine (C=N–C) groups is 1. The highest BCUT2D eigenvalue weighted by atomic mass is 16.3. The van der Waals surface area contributed by atoms with Crippen molar-refractivity contribution in [3.63, 3.8) is 0 Å². The van der Waals surface area contributed by atoms with Crippen LogP contribution in [0.2, 0.25) is 0 Å². The van der Waals surface area contributed by atoms with Gasteiger partial charge >= 0.3 is 5.69 Å². The summed E-state index contributed by atoms with van der Waals surface area (Å²) in [4.78, 5) is 31.6. The largest absolute Gasteiger partial charge is 0.494 e. The number of H-pyrrole nitrogens is 1. The van der Waals surface area contributed by atoms with Crippen LogP contribution in [0.3, 0.4) is 0 Å². The van der Waals surface area contributed by atoms with E-state index in [1.807, 2.05) is 57.2 Å². The third kappa shape index (κ3) is 2.79. The molecule has 0 aliphatic carbocycles. The maximum Gasteiger partial charge on any atom is 0.335 e. The van der Waals surface area contributed by atoms with Crippen LogP contribution in [0.15, 0.2) is 51.0 Å². The van der Waals surface area contributed by atoms with Gasteiger partial charge in [0.05, 0.1) is 11.4 Å². The Morgan fingerprint density at radius 2 is 1.75 bits per heavy atom. The zero-order chi connectivity index (χ0) is 20.0. The molecule has 140 valence electrons. The lowest BCUT2D eigenvalue weighted by atomic mass is 10.0. The van der Waals surface area contributed by atoms with Crippen molar-refractivity contribution < 1.29 is 5.11 Å². The average molecular weight is 373 g/mol. The minimum atomic E-state index is -0.680. The van der Waals surface area contributed by atoms with Crippen molar-refractivity contribution in [1.29, 1.82) is 0 Å². The van der Waals surface area contributed by atoms with Gasteiger partial charge in [0.1, 0.15) is 5.56 Å². The molecule has 0 saturated carbocycles. The van der Waals surface area contributed by atoms with Gasteiger partial charge in [-0.15, -0.1) is 0 Å². The number of allylic oxidation sites excluding steroid dienone is 1. The first-order valence-corrected chi connectivity index (χ1v) is 8.88. The summed E-state index contributed by atoms with van der Waals surface area (Å²) in [6, 6.07) is 11.4. The van der Waals surface area contributed by atoms with E-state index < -0.39 is 17.1 Å². The first-order chi connectivity index (χ1) is 13.4. The standard InChI is InChI=1S/C22H19N3O3/c1-12-8-13(2)19(14(3)9-12)25-21(27)17(20(26)24-22(25)28)10-15-11-23-18-7-5-4-6-16(15)18/h4-11,27H,1-3H3,(H,24,26,28). The summed E-state index contributed by atoms with van der Waals surface area (Å²) in [5.74, 6) is -0.394. The Labute approximate surface area is 161 Å². The molecule has 0 bridgehead atoms. The van der Waals surface area contributed by atoms with Gasteiger partial charge in [0.2, 0.25) is 5.88 Å². The van der Waals surface area contributed by atoms with E-state index in [4.69, 9.17) is 0 Å². The molecule has 0 spiro atoms. The maximum absolute atomic E-state index is 12.5. The number of nitrogens with one attached hydrogen (secondary N) is 1. The minimum Gasteiger partial charge on any atom is -0.494 e. The number of aromatic nitrogens is 2. The monoisotopic (exact) mass is 373 g/mol. The van der Waals surface area contributed by atoms with Crippen LogP contribution in [-0.2, 0) is 0 Å². The van der Waals surface area contributed by atoms with Gasteiger partial charge in [-0.1, -0.05) is 35.9 Å². The molecule has 4 rings (SSSR count). The number of hydrogen-bond acceptors (Lipinski definition) is 4. The molecule has 0 unspecified atom stereocenters. The normalized spacial score (nSPS) is 13.9. The highest BCUT2D eigenvalue weighted by Gasteiger charge is 2.19. The predicted octanol–water partition coefficient (Wildman–Crippen LogP) is 3.41. The van der Waals surface area contributed by atoms with E-state index in [2.05, 4.69) is 9.98 Å². The Balaban J connectivity index is 1.97. The summed E-state index contributed by atoms with van der Waals surface area (Å²) < 4.78 is 1.15. The Morgan fingerprint density at radius 3 is 2.46 bits per heavy atom. The summed E-state index contributed by atoms with van der Waals surface area (Å²) in [6.45, 7) is 5.70. The van der Waals surface area contributed by atoms with Gasteiger partial charge < -0.3 is 5.11 Å². The molecule has 0 saturated heterocycles. The lowest BCUT2D eigenvalue weighted by molar-refractivity contribution is 0.429. The molecule has 2 aromatic carbocycles. The molecule has 3 aromatic rings. The van der Waals surface area contributed by atoms with Gasteiger partial charge in [-0.05, 0) is 44.0 Å². The molecule has 6 heteroatoms. The van der Waals surface area contributed by atoms with E-state index in [1.54, 1.807) is 12.3 Å². The molecular formula is C22H19N3O3. The summed E-state index contributed by atoms with van der Waals surface area (Å²) in [5, 5.41) is 10.9. The highest BCUT2D eigenvalue weighted by molar-refractivity contribution is 6.21. The number of hydrogen-bond donors (Lipinski definition) is 2. The zero-order valence-corrected chi connectivity index (χ0v) is 15.8. The van der Waals surface area contributed by atoms with E-state index in [9.17, 15) is 14.7 Å². The van der Waals surface area contributed by atoms with Crippen molar-refractivity contribution in [2.24, 2.45) is 4.99 Å². The molecule has 0 fully saturated rings. The maximum atomic E-state index is 12.5. The lowest BCUT2D eigenvalue weighted by Gasteiger charge is -2.16. The number of aromatic hydroxyl groups is 1. The van der Waals surface area contributed by atoms with E-state index in [1.165, 1.54) is 0 Å². The van der Waals surface area contributed by atoms with Gasteiger partial charge in [0, 0.05) is 17.4 Å². The molecule has 6 nitrogen and oxygen atoms in total. The average Bonchev–Trinajstić information content (AvgIpc) is 3.03. The number of aryl methyl sites for hydroxylation is 3. The van der Waals surface area contributed by atoms with Crippen LogP contribution in [0.5, 0.6) is 5.88 Å². The first-order valence-electron chi connectivity index (χ1n) is 8.88. The van der Waals surface area contributed by atoms with Crippen LogP contribution in [0.25, 0.3) is 17.3 Å². The van der Waals surface area contributed by atoms with Gasteiger partial charge in [-0.25, -0.2) is 9.36 Å². The number of nitrogens with zero attached hydrogens (tertiary/aromatic N) is 2. The van der Waals surface area contributed by atoms with Crippen molar-refractivity contribution in [3.05, 3.63) is 85.1 Å². The molecule has 0 atom stereocenters. The summed E-state index contributed by atoms with van der Waals surface area (Å²) >= 11 is 0. The second-order valence-electron chi connectivity index (χ2n) is 6.95. The molecule has 1 aromatic heterocycles. The Bertz CT molecular complexity index is 1270. The van der Waals surface area contributed by atoms with E-state index in [-0.39, 0.29) is 5.56 Å². The molecule has 0 amide bonds. The molecule has 28 heavy (non-hydrogen) atoms. The van der Waals surface area contributed by atoms with Gasteiger partial charge in [-0.2, -0.15) is 0 Å². The van der Waals surface area contributed by atoms with Gasteiger partial charge in [0.25, 0.3) is 5.56 Å². The van der Waals surface area contributed by atoms with Crippen molar-refractivity contribution >= 4 is 23.6 Å². The number of benzene rings is 2. The quantitative estimate of drug-likeness (QED) is 0.722. The predicted molar refractivity (Wildman–Crippen MR) is 111 cm³/mol. The van der Waals surface area contributed by atoms with Crippen molar-refractivity contribution in [2.45, 2.75) is 20.8 Å². The lowest BCUT2D eigenvalue weighted by Crippen LogP contribution is -2.31. The highest BCUT2D eigenvalue weighted by Crippen LogP contribution is 2.33. The molecule has 2 heterocycles. The molecule has 1 aliphatic heterocycles. The van der Waals surface area contributed by atoms with E-state index in [0.29, 0.717) is 11.3 Å². The van der Waals surface area contributed by atoms with Gasteiger partial charge in [-0.3, -0.25) is 14.8 Å². The summed E-state index contributed by atoms with van der Waals surface area (Å²) in [6.07, 6.45) is 3.19. The molecule has 1 aliphatic rings. The zero-order valence-electron chi connectivity index (χ0n) is 15.8. The molecule has 2 N–H and O–H groups in total. The minimum absolute atomic E-state index is 0.0112. The van der Waals surface area contributed by atoms with E-state index in [0.717, 1.165) is 32.5 Å². The van der Waals surface area contributed by atoms with Crippen molar-refractivity contribution in [1.82, 2.24) is 9.55 Å². The fourth-order valence-electron chi connectivity index (χ4n) is 3.71. The fourth-order valence-corrected chi connectivity index (χ4v) is 3.71. The molecular weight excluding hydrogens is 354 g/mol. The summed E-state index contributed by atoms with van der Waals surface area (Å²) in [5.41, 5.74) is 4.30. The van der Waals surface area contributed by atoms with Crippen molar-refractivity contribution in [2.75, 3.05) is 0 Å². The van der Waals surface area contributed by atoms with Crippen LogP contribution in [0.1, 0.15) is 27.8 Å². The second kappa shape index (κ2) is 6.49.